The molecule has 2 aromatic carbocycles. The SMILES string of the molecule is CC(C)(C)[C@@H]1Cn2nc(-c3cccc(F)c3)cc2-c2cc(O)c(C(=O)O)cc21. The van der Waals surface area contributed by atoms with Crippen molar-refractivity contribution in [1.82, 2.24) is 9.78 Å². The average Bonchev–Trinajstić information content (AvgIpc) is 3.04. The smallest absolute Gasteiger partial charge is 0.339 e. The lowest BCUT2D eigenvalue weighted by Crippen LogP contribution is -2.28. The summed E-state index contributed by atoms with van der Waals surface area (Å²) in [6.07, 6.45) is 0. The molecule has 0 bridgehead atoms. The Balaban J connectivity index is 1.93. The summed E-state index contributed by atoms with van der Waals surface area (Å²) in [5, 5.41) is 24.3. The molecule has 1 aliphatic rings. The molecule has 2 N–H and O–H groups in total. The van der Waals surface area contributed by atoms with Crippen LogP contribution in [0.15, 0.2) is 42.5 Å². The van der Waals surface area contributed by atoms with Gasteiger partial charge in [-0.1, -0.05) is 32.9 Å². The molecule has 0 fully saturated rings. The number of carboxylic acids is 1. The minimum atomic E-state index is -1.16. The monoisotopic (exact) mass is 380 g/mol. The van der Waals surface area contributed by atoms with E-state index in [4.69, 9.17) is 0 Å². The number of rotatable bonds is 2. The molecule has 6 heteroatoms. The van der Waals surface area contributed by atoms with Crippen molar-refractivity contribution in [3.63, 3.8) is 0 Å². The number of halogens is 1. The Morgan fingerprint density at radius 3 is 2.61 bits per heavy atom. The summed E-state index contributed by atoms with van der Waals surface area (Å²) in [6.45, 7) is 6.86. The van der Waals surface area contributed by atoms with E-state index in [0.29, 0.717) is 17.8 Å². The first-order valence-electron chi connectivity index (χ1n) is 9.09. The number of hydrogen-bond acceptors (Lipinski definition) is 3. The van der Waals surface area contributed by atoms with Crippen LogP contribution >= 0.6 is 0 Å². The molecule has 1 atom stereocenters. The van der Waals surface area contributed by atoms with Gasteiger partial charge >= 0.3 is 5.97 Å². The first-order valence-corrected chi connectivity index (χ1v) is 9.09. The molecule has 2 heterocycles. The van der Waals surface area contributed by atoms with Crippen molar-refractivity contribution in [2.24, 2.45) is 5.41 Å². The third kappa shape index (κ3) is 2.95. The largest absolute Gasteiger partial charge is 0.507 e. The number of benzene rings is 2. The lowest BCUT2D eigenvalue weighted by molar-refractivity contribution is 0.0693. The molecule has 1 aromatic heterocycles. The van der Waals surface area contributed by atoms with Gasteiger partial charge in [-0.15, -0.1) is 0 Å². The van der Waals surface area contributed by atoms with Crippen molar-refractivity contribution in [2.75, 3.05) is 0 Å². The minimum absolute atomic E-state index is 0.00830. The number of aromatic carboxylic acids is 1. The molecule has 4 rings (SSSR count). The van der Waals surface area contributed by atoms with Gasteiger partial charge in [-0.25, -0.2) is 9.18 Å². The van der Waals surface area contributed by atoms with E-state index < -0.39 is 5.97 Å². The number of aromatic nitrogens is 2. The zero-order valence-corrected chi connectivity index (χ0v) is 15.9. The normalized spacial score (nSPS) is 15.8. The Bertz CT molecular complexity index is 1100. The second kappa shape index (κ2) is 6.19. The zero-order valence-electron chi connectivity index (χ0n) is 15.9. The van der Waals surface area contributed by atoms with Gasteiger partial charge in [-0.2, -0.15) is 5.10 Å². The van der Waals surface area contributed by atoms with Gasteiger partial charge in [0.1, 0.15) is 17.1 Å². The first kappa shape index (κ1) is 18.2. The van der Waals surface area contributed by atoms with Crippen LogP contribution in [0.25, 0.3) is 22.5 Å². The van der Waals surface area contributed by atoms with Gasteiger partial charge in [0.05, 0.1) is 11.4 Å². The van der Waals surface area contributed by atoms with E-state index in [1.165, 1.54) is 18.2 Å². The summed E-state index contributed by atoms with van der Waals surface area (Å²) in [5.41, 5.74) is 3.46. The number of carbonyl (C=O) groups is 1. The Morgan fingerprint density at radius 2 is 1.96 bits per heavy atom. The fourth-order valence-corrected chi connectivity index (χ4v) is 3.86. The summed E-state index contributed by atoms with van der Waals surface area (Å²) in [5.74, 6) is -1.76. The van der Waals surface area contributed by atoms with E-state index in [0.717, 1.165) is 16.8 Å². The molecular weight excluding hydrogens is 359 g/mol. The van der Waals surface area contributed by atoms with Crippen molar-refractivity contribution in [1.29, 1.82) is 0 Å². The van der Waals surface area contributed by atoms with Crippen molar-refractivity contribution in [2.45, 2.75) is 33.2 Å². The van der Waals surface area contributed by atoms with Crippen LogP contribution in [0.4, 0.5) is 4.39 Å². The van der Waals surface area contributed by atoms with Gasteiger partial charge in [0, 0.05) is 23.6 Å². The van der Waals surface area contributed by atoms with Crippen LogP contribution in [0.3, 0.4) is 0 Å². The summed E-state index contributed by atoms with van der Waals surface area (Å²) < 4.78 is 15.5. The van der Waals surface area contributed by atoms with E-state index in [1.54, 1.807) is 18.2 Å². The number of carboxylic acid groups (broad SMARTS) is 1. The van der Waals surface area contributed by atoms with Crippen LogP contribution in [0.1, 0.15) is 42.6 Å². The minimum Gasteiger partial charge on any atom is -0.507 e. The van der Waals surface area contributed by atoms with Crippen LogP contribution in [-0.4, -0.2) is 26.0 Å². The Morgan fingerprint density at radius 1 is 1.21 bits per heavy atom. The molecule has 28 heavy (non-hydrogen) atoms. The number of fused-ring (bicyclic) bond motifs is 3. The fraction of sp³-hybridized carbons (Fsp3) is 0.273. The van der Waals surface area contributed by atoms with Crippen molar-refractivity contribution in [3.05, 3.63) is 59.4 Å². The second-order valence-electron chi connectivity index (χ2n) is 8.29. The predicted octanol–water partition coefficient (Wildman–Crippen LogP) is 4.90. The molecule has 1 aliphatic heterocycles. The van der Waals surface area contributed by atoms with Crippen molar-refractivity contribution >= 4 is 5.97 Å². The number of nitrogens with zero attached hydrogens (tertiary/aromatic N) is 2. The molecule has 0 spiro atoms. The summed E-state index contributed by atoms with van der Waals surface area (Å²) in [7, 11) is 0. The zero-order chi connectivity index (χ0) is 20.2. The van der Waals surface area contributed by atoms with Crippen LogP contribution in [0, 0.1) is 11.2 Å². The lowest BCUT2D eigenvalue weighted by Gasteiger charge is -2.36. The van der Waals surface area contributed by atoms with Gasteiger partial charge < -0.3 is 10.2 Å². The van der Waals surface area contributed by atoms with Crippen LogP contribution in [0.5, 0.6) is 5.75 Å². The van der Waals surface area contributed by atoms with Crippen molar-refractivity contribution in [3.8, 4) is 28.3 Å². The Kier molecular flexibility index (Phi) is 4.03. The van der Waals surface area contributed by atoms with Crippen LogP contribution in [0.2, 0.25) is 0 Å². The fourth-order valence-electron chi connectivity index (χ4n) is 3.86. The summed E-state index contributed by atoms with van der Waals surface area (Å²) >= 11 is 0. The molecule has 0 radical (unpaired) electrons. The van der Waals surface area contributed by atoms with E-state index >= 15 is 0 Å². The van der Waals surface area contributed by atoms with E-state index in [-0.39, 0.29) is 28.5 Å². The molecule has 0 aliphatic carbocycles. The highest BCUT2D eigenvalue weighted by atomic mass is 19.1. The second-order valence-corrected chi connectivity index (χ2v) is 8.29. The standard InChI is InChI=1S/C22H21FN2O3/c1-22(2,3)17-11-25-19(10-18(24-25)12-5-4-6-13(23)7-12)15-9-20(26)16(21(27)28)8-14(15)17/h4-10,17,26H,11H2,1-3H3,(H,27,28)/t17-/m1/s1. The molecular formula is C22H21FN2O3. The average molecular weight is 380 g/mol. The highest BCUT2D eigenvalue weighted by Gasteiger charge is 2.35. The summed E-state index contributed by atoms with van der Waals surface area (Å²) in [4.78, 5) is 11.5. The molecule has 0 amide bonds. The van der Waals surface area contributed by atoms with E-state index in [2.05, 4.69) is 25.9 Å². The molecule has 0 unspecified atom stereocenters. The third-order valence-electron chi connectivity index (χ3n) is 5.35. The highest BCUT2D eigenvalue weighted by Crippen LogP contribution is 2.47. The van der Waals surface area contributed by atoms with Gasteiger partial charge in [-0.05, 0) is 41.3 Å². The third-order valence-corrected chi connectivity index (χ3v) is 5.35. The van der Waals surface area contributed by atoms with Gasteiger partial charge in [0.15, 0.2) is 0 Å². The van der Waals surface area contributed by atoms with Gasteiger partial charge in [0.25, 0.3) is 0 Å². The highest BCUT2D eigenvalue weighted by molar-refractivity contribution is 5.92. The van der Waals surface area contributed by atoms with E-state index in [9.17, 15) is 19.4 Å². The Hall–Kier alpha value is -3.15. The maximum atomic E-state index is 13.6. The van der Waals surface area contributed by atoms with Gasteiger partial charge in [-0.3, -0.25) is 4.68 Å². The maximum absolute atomic E-state index is 13.6. The Labute approximate surface area is 162 Å². The first-order chi connectivity index (χ1) is 13.1. The maximum Gasteiger partial charge on any atom is 0.339 e. The number of hydrogen-bond donors (Lipinski definition) is 2. The summed E-state index contributed by atoms with van der Waals surface area (Å²) in [6, 6.07) is 11.2. The lowest BCUT2D eigenvalue weighted by atomic mass is 9.73. The van der Waals surface area contributed by atoms with Crippen LogP contribution in [-0.2, 0) is 6.54 Å². The number of phenols is 1. The van der Waals surface area contributed by atoms with E-state index in [1.807, 2.05) is 10.7 Å². The molecule has 5 nitrogen and oxygen atoms in total. The van der Waals surface area contributed by atoms with Gasteiger partial charge in [0.2, 0.25) is 0 Å². The molecule has 0 saturated heterocycles. The molecule has 144 valence electrons. The quantitative estimate of drug-likeness (QED) is 0.663. The predicted molar refractivity (Wildman–Crippen MR) is 104 cm³/mol. The van der Waals surface area contributed by atoms with Crippen molar-refractivity contribution < 1.29 is 19.4 Å². The molecule has 3 aromatic rings. The topological polar surface area (TPSA) is 75.3 Å². The van der Waals surface area contributed by atoms with Crippen LogP contribution < -0.4 is 0 Å². The molecule has 0 saturated carbocycles. The number of aromatic hydroxyl groups is 1.